The fourth-order valence-electron chi connectivity index (χ4n) is 2.01. The standard InChI is InChI=1S/C17H16Cl2N2O2/c1-11-13(18)7-4-8-15(11)21-17(23)16(22)20-10-9-12-5-2-3-6-14(12)19/h2-8H,9-10H2,1H3,(H,20,22)(H,21,23). The molecule has 6 heteroatoms. The molecule has 0 aliphatic heterocycles. The summed E-state index contributed by atoms with van der Waals surface area (Å²) in [5, 5.41) is 6.29. The Morgan fingerprint density at radius 1 is 0.957 bits per heavy atom. The third-order valence-corrected chi connectivity index (χ3v) is 4.14. The van der Waals surface area contributed by atoms with Crippen molar-refractivity contribution in [2.24, 2.45) is 0 Å². The lowest BCUT2D eigenvalue weighted by Gasteiger charge is -2.10. The smallest absolute Gasteiger partial charge is 0.313 e. The van der Waals surface area contributed by atoms with E-state index >= 15 is 0 Å². The van der Waals surface area contributed by atoms with Crippen LogP contribution in [0.25, 0.3) is 0 Å². The van der Waals surface area contributed by atoms with Crippen LogP contribution in [0.15, 0.2) is 42.5 Å². The van der Waals surface area contributed by atoms with Crippen molar-refractivity contribution in [2.75, 3.05) is 11.9 Å². The summed E-state index contributed by atoms with van der Waals surface area (Å²) in [6.45, 7) is 2.10. The summed E-state index contributed by atoms with van der Waals surface area (Å²) in [6, 6.07) is 12.5. The number of anilines is 1. The molecule has 120 valence electrons. The number of hydrogen-bond acceptors (Lipinski definition) is 2. The zero-order chi connectivity index (χ0) is 16.8. The Balaban J connectivity index is 1.87. The molecule has 2 N–H and O–H groups in total. The van der Waals surface area contributed by atoms with Gasteiger partial charge in [0.2, 0.25) is 0 Å². The molecule has 0 aliphatic rings. The lowest BCUT2D eigenvalue weighted by Crippen LogP contribution is -2.36. The van der Waals surface area contributed by atoms with Crippen molar-refractivity contribution >= 4 is 40.7 Å². The van der Waals surface area contributed by atoms with Crippen molar-refractivity contribution in [1.29, 1.82) is 0 Å². The van der Waals surface area contributed by atoms with E-state index in [-0.39, 0.29) is 0 Å². The van der Waals surface area contributed by atoms with E-state index in [2.05, 4.69) is 10.6 Å². The van der Waals surface area contributed by atoms with Crippen LogP contribution in [0.3, 0.4) is 0 Å². The fourth-order valence-corrected chi connectivity index (χ4v) is 2.42. The molecule has 2 aromatic rings. The van der Waals surface area contributed by atoms with Gasteiger partial charge in [0.15, 0.2) is 0 Å². The predicted molar refractivity (Wildman–Crippen MR) is 93.0 cm³/mol. The van der Waals surface area contributed by atoms with Crippen LogP contribution in [-0.2, 0) is 16.0 Å². The number of amides is 2. The predicted octanol–water partition coefficient (Wildman–Crippen LogP) is 3.60. The van der Waals surface area contributed by atoms with Crippen LogP contribution in [0.5, 0.6) is 0 Å². The molecule has 0 unspecified atom stereocenters. The Kier molecular flexibility index (Phi) is 6.02. The van der Waals surface area contributed by atoms with Gasteiger partial charge in [0.25, 0.3) is 0 Å². The number of halogens is 2. The van der Waals surface area contributed by atoms with Gasteiger partial charge in [-0.2, -0.15) is 0 Å². The van der Waals surface area contributed by atoms with E-state index in [4.69, 9.17) is 23.2 Å². The van der Waals surface area contributed by atoms with Gasteiger partial charge in [-0.1, -0.05) is 47.5 Å². The summed E-state index contributed by atoms with van der Waals surface area (Å²) in [6.07, 6.45) is 0.550. The van der Waals surface area contributed by atoms with Gasteiger partial charge < -0.3 is 10.6 Å². The highest BCUT2D eigenvalue weighted by atomic mass is 35.5. The van der Waals surface area contributed by atoms with Crippen LogP contribution in [-0.4, -0.2) is 18.4 Å². The number of carbonyl (C=O) groups excluding carboxylic acids is 2. The van der Waals surface area contributed by atoms with Crippen LogP contribution in [0.4, 0.5) is 5.69 Å². The third-order valence-electron chi connectivity index (χ3n) is 3.36. The minimum Gasteiger partial charge on any atom is -0.347 e. The van der Waals surface area contributed by atoms with Gasteiger partial charge >= 0.3 is 11.8 Å². The van der Waals surface area contributed by atoms with E-state index in [1.807, 2.05) is 18.2 Å². The van der Waals surface area contributed by atoms with Crippen LogP contribution < -0.4 is 10.6 Å². The maximum absolute atomic E-state index is 11.9. The highest BCUT2D eigenvalue weighted by Gasteiger charge is 2.14. The second-order valence-corrected chi connectivity index (χ2v) is 5.78. The SMILES string of the molecule is Cc1c(Cl)cccc1NC(=O)C(=O)NCCc1ccccc1Cl. The lowest BCUT2D eigenvalue weighted by atomic mass is 10.1. The largest absolute Gasteiger partial charge is 0.347 e. The number of benzene rings is 2. The van der Waals surface area contributed by atoms with E-state index < -0.39 is 11.8 Å². The molecule has 23 heavy (non-hydrogen) atoms. The molecule has 0 radical (unpaired) electrons. The molecule has 0 spiro atoms. The Morgan fingerprint density at radius 3 is 2.39 bits per heavy atom. The average Bonchev–Trinajstić information content (AvgIpc) is 2.53. The van der Waals surface area contributed by atoms with E-state index in [1.54, 1.807) is 31.2 Å². The van der Waals surface area contributed by atoms with Gasteiger partial charge in [0.05, 0.1) is 0 Å². The van der Waals surface area contributed by atoms with E-state index in [1.165, 1.54) is 0 Å². The second-order valence-electron chi connectivity index (χ2n) is 4.96. The zero-order valence-electron chi connectivity index (χ0n) is 12.5. The van der Waals surface area contributed by atoms with E-state index in [0.717, 1.165) is 5.56 Å². The number of rotatable bonds is 4. The van der Waals surface area contributed by atoms with Crippen LogP contribution in [0.1, 0.15) is 11.1 Å². The zero-order valence-corrected chi connectivity index (χ0v) is 14.0. The van der Waals surface area contributed by atoms with E-state index in [0.29, 0.717) is 34.3 Å². The van der Waals surface area contributed by atoms with Crippen molar-refractivity contribution < 1.29 is 9.59 Å². The van der Waals surface area contributed by atoms with Gasteiger partial charge in [0, 0.05) is 22.3 Å². The van der Waals surface area contributed by atoms with Crippen molar-refractivity contribution in [1.82, 2.24) is 5.32 Å². The van der Waals surface area contributed by atoms with Crippen molar-refractivity contribution in [3.8, 4) is 0 Å². The van der Waals surface area contributed by atoms with Crippen LogP contribution in [0, 0.1) is 6.92 Å². The molecule has 2 aromatic carbocycles. The average molecular weight is 351 g/mol. The molecular formula is C17H16Cl2N2O2. The first-order valence-electron chi connectivity index (χ1n) is 7.06. The molecular weight excluding hydrogens is 335 g/mol. The summed E-state index contributed by atoms with van der Waals surface area (Å²) in [4.78, 5) is 23.7. The molecule has 4 nitrogen and oxygen atoms in total. The van der Waals surface area contributed by atoms with Gasteiger partial charge in [-0.3, -0.25) is 9.59 Å². The number of nitrogens with one attached hydrogen (secondary N) is 2. The molecule has 0 bridgehead atoms. The highest BCUT2D eigenvalue weighted by Crippen LogP contribution is 2.22. The molecule has 0 atom stereocenters. The summed E-state index contributed by atoms with van der Waals surface area (Å²) < 4.78 is 0. The molecule has 0 saturated heterocycles. The molecule has 2 rings (SSSR count). The van der Waals surface area contributed by atoms with Gasteiger partial charge in [-0.05, 0) is 42.7 Å². The van der Waals surface area contributed by atoms with Crippen molar-refractivity contribution in [3.05, 3.63) is 63.6 Å². The monoisotopic (exact) mass is 350 g/mol. The van der Waals surface area contributed by atoms with Gasteiger partial charge in [-0.15, -0.1) is 0 Å². The Bertz CT molecular complexity index is 732. The van der Waals surface area contributed by atoms with Crippen molar-refractivity contribution in [2.45, 2.75) is 13.3 Å². The maximum atomic E-state index is 11.9. The highest BCUT2D eigenvalue weighted by molar-refractivity contribution is 6.40. The Labute approximate surface area is 144 Å². The lowest BCUT2D eigenvalue weighted by molar-refractivity contribution is -0.136. The minimum atomic E-state index is -0.727. The quantitative estimate of drug-likeness (QED) is 0.827. The minimum absolute atomic E-state index is 0.324. The first-order valence-corrected chi connectivity index (χ1v) is 7.82. The summed E-state index contributed by atoms with van der Waals surface area (Å²) in [5.74, 6) is -1.43. The molecule has 0 saturated carbocycles. The normalized spacial score (nSPS) is 10.2. The second kappa shape index (κ2) is 7.99. The molecule has 2 amide bonds. The molecule has 0 aliphatic carbocycles. The summed E-state index contributed by atoms with van der Waals surface area (Å²) in [5.41, 5.74) is 2.15. The fraction of sp³-hybridized carbons (Fsp3) is 0.176. The summed E-state index contributed by atoms with van der Waals surface area (Å²) in [7, 11) is 0. The first-order chi connectivity index (χ1) is 11.0. The number of hydrogen-bond donors (Lipinski definition) is 2. The Hall–Kier alpha value is -2.04. The van der Waals surface area contributed by atoms with Gasteiger partial charge in [-0.25, -0.2) is 0 Å². The third kappa shape index (κ3) is 4.71. The van der Waals surface area contributed by atoms with Crippen molar-refractivity contribution in [3.63, 3.8) is 0 Å². The molecule has 0 fully saturated rings. The summed E-state index contributed by atoms with van der Waals surface area (Å²) >= 11 is 12.0. The molecule has 0 aromatic heterocycles. The van der Waals surface area contributed by atoms with Crippen LogP contribution >= 0.6 is 23.2 Å². The topological polar surface area (TPSA) is 58.2 Å². The first kappa shape index (κ1) is 17.3. The van der Waals surface area contributed by atoms with Gasteiger partial charge in [0.1, 0.15) is 0 Å². The van der Waals surface area contributed by atoms with Crippen LogP contribution in [0.2, 0.25) is 10.0 Å². The molecule has 0 heterocycles. The number of carbonyl (C=O) groups is 2. The maximum Gasteiger partial charge on any atom is 0.313 e. The Morgan fingerprint density at radius 2 is 1.65 bits per heavy atom. The van der Waals surface area contributed by atoms with E-state index in [9.17, 15) is 9.59 Å².